The number of pyridine rings is 1. The first-order chi connectivity index (χ1) is 24.3. The molecule has 0 radical (unpaired) electrons. The van der Waals surface area contributed by atoms with Crippen molar-refractivity contribution in [2.75, 3.05) is 11.9 Å². The van der Waals surface area contributed by atoms with Crippen LogP contribution in [0.15, 0.2) is 171 Å². The number of nitrogens with zero attached hydrogens (tertiary/aromatic N) is 3. The Labute approximate surface area is 287 Å². The molecule has 49 heavy (non-hydrogen) atoms. The molecule has 1 aliphatic rings. The third kappa shape index (κ3) is 6.17. The lowest BCUT2D eigenvalue weighted by atomic mass is 10.0. The van der Waals surface area contributed by atoms with Crippen molar-refractivity contribution < 1.29 is 0 Å². The second-order valence-corrected chi connectivity index (χ2v) is 11.7. The maximum absolute atomic E-state index is 4.95. The third-order valence-corrected chi connectivity index (χ3v) is 8.76. The zero-order valence-electron chi connectivity index (χ0n) is 28.1. The fraction of sp³-hybridized carbons (Fsp3) is 0.0889. The van der Waals surface area contributed by atoms with E-state index in [-0.39, 0.29) is 0 Å². The largest absolute Gasteiger partial charge is 0.382 e. The van der Waals surface area contributed by atoms with Gasteiger partial charge < -0.3 is 14.5 Å². The van der Waals surface area contributed by atoms with Gasteiger partial charge in [0, 0.05) is 45.7 Å². The summed E-state index contributed by atoms with van der Waals surface area (Å²) >= 11 is 0. The fourth-order valence-corrected chi connectivity index (χ4v) is 6.54. The average molecular weight is 637 g/mol. The average Bonchev–Trinajstić information content (AvgIpc) is 3.62. The Morgan fingerprint density at radius 1 is 0.694 bits per heavy atom. The summed E-state index contributed by atoms with van der Waals surface area (Å²) in [5.74, 6) is 0.934. The van der Waals surface area contributed by atoms with Gasteiger partial charge in [-0.1, -0.05) is 98.8 Å². The summed E-state index contributed by atoms with van der Waals surface area (Å²) in [6.07, 6.45) is 16.0. The molecule has 4 nitrogen and oxygen atoms in total. The lowest BCUT2D eigenvalue weighted by Gasteiger charge is -2.10. The highest BCUT2D eigenvalue weighted by Gasteiger charge is 2.16. The summed E-state index contributed by atoms with van der Waals surface area (Å²) in [5.41, 5.74) is 6.95. The number of para-hydroxylation sites is 3. The van der Waals surface area contributed by atoms with E-state index in [1.165, 1.54) is 43.7 Å². The summed E-state index contributed by atoms with van der Waals surface area (Å²) in [4.78, 5) is 4.95. The van der Waals surface area contributed by atoms with Gasteiger partial charge in [-0.25, -0.2) is 4.98 Å². The fourth-order valence-electron chi connectivity index (χ4n) is 6.54. The molecule has 0 spiro atoms. The molecule has 0 atom stereocenters. The van der Waals surface area contributed by atoms with Crippen LogP contribution in [0.3, 0.4) is 0 Å². The van der Waals surface area contributed by atoms with Gasteiger partial charge in [0.25, 0.3) is 0 Å². The molecule has 9 rings (SSSR count). The van der Waals surface area contributed by atoms with E-state index in [0.717, 1.165) is 40.9 Å². The van der Waals surface area contributed by atoms with E-state index < -0.39 is 0 Å². The van der Waals surface area contributed by atoms with Crippen LogP contribution in [0.25, 0.3) is 65.9 Å². The van der Waals surface area contributed by atoms with Crippen molar-refractivity contribution in [3.63, 3.8) is 0 Å². The quantitative estimate of drug-likeness (QED) is 0.191. The molecule has 0 saturated carbocycles. The summed E-state index contributed by atoms with van der Waals surface area (Å²) in [5, 5.41) is 10.6. The van der Waals surface area contributed by atoms with Crippen LogP contribution in [0, 0.1) is 0 Å². The minimum atomic E-state index is 0.823. The molecule has 240 valence electrons. The lowest BCUT2D eigenvalue weighted by molar-refractivity contribution is 1.06. The molecule has 1 N–H and O–H groups in total. The zero-order valence-corrected chi connectivity index (χ0v) is 28.1. The molecular weight excluding hydrogens is 597 g/mol. The Morgan fingerprint density at radius 2 is 1.47 bits per heavy atom. The molecule has 0 amide bonds. The maximum Gasteiger partial charge on any atom is 0.137 e. The molecule has 8 aromatic rings. The second kappa shape index (κ2) is 14.3. The van der Waals surface area contributed by atoms with Crippen LogP contribution in [0.4, 0.5) is 5.69 Å². The number of nitrogens with one attached hydrogen (secondary N) is 1. The molecule has 0 bridgehead atoms. The van der Waals surface area contributed by atoms with Gasteiger partial charge in [-0.15, -0.1) is 6.58 Å². The van der Waals surface area contributed by atoms with Crippen LogP contribution >= 0.6 is 0 Å². The van der Waals surface area contributed by atoms with Gasteiger partial charge in [-0.3, -0.25) is 0 Å². The molecule has 3 heterocycles. The first-order valence-corrected chi connectivity index (χ1v) is 17.1. The summed E-state index contributed by atoms with van der Waals surface area (Å²) in [6.45, 7) is 8.44. The van der Waals surface area contributed by atoms with Crippen LogP contribution in [-0.4, -0.2) is 20.7 Å². The Balaban J connectivity index is 0.000000271. The molecule has 5 aromatic carbocycles. The van der Waals surface area contributed by atoms with E-state index in [4.69, 9.17) is 4.98 Å². The van der Waals surface area contributed by atoms with Gasteiger partial charge in [0.2, 0.25) is 0 Å². The first-order valence-electron chi connectivity index (χ1n) is 17.1. The summed E-state index contributed by atoms with van der Waals surface area (Å²) in [7, 11) is 0. The number of aromatic nitrogens is 3. The lowest BCUT2D eigenvalue weighted by Crippen LogP contribution is -1.96. The van der Waals surface area contributed by atoms with Crippen molar-refractivity contribution in [2.45, 2.75) is 20.3 Å². The van der Waals surface area contributed by atoms with Crippen molar-refractivity contribution in [2.24, 2.45) is 0 Å². The van der Waals surface area contributed by atoms with Gasteiger partial charge in [0.1, 0.15) is 5.82 Å². The van der Waals surface area contributed by atoms with Crippen molar-refractivity contribution in [3.05, 3.63) is 171 Å². The van der Waals surface area contributed by atoms with Crippen LogP contribution in [0.5, 0.6) is 0 Å². The third-order valence-electron chi connectivity index (χ3n) is 8.76. The molecule has 0 aliphatic heterocycles. The SMILES string of the molecule is C1=CCC=CC(n2c3ccccc3c3cc4ccc5c(ccn5-c5ccc6ccccc6n5)c4cc32)=C1.C=CCNc1ccccc1.CC. The molecule has 1 aliphatic carbocycles. The van der Waals surface area contributed by atoms with Gasteiger partial charge in [0.15, 0.2) is 0 Å². The highest BCUT2D eigenvalue weighted by atomic mass is 15.1. The monoisotopic (exact) mass is 636 g/mol. The minimum absolute atomic E-state index is 0.823. The molecule has 0 saturated heterocycles. The van der Waals surface area contributed by atoms with Crippen LogP contribution in [0.2, 0.25) is 0 Å². The van der Waals surface area contributed by atoms with Crippen molar-refractivity contribution in [1.82, 2.24) is 14.1 Å². The van der Waals surface area contributed by atoms with E-state index in [0.29, 0.717) is 0 Å². The summed E-state index contributed by atoms with van der Waals surface area (Å²) < 4.78 is 4.60. The number of fused-ring (bicyclic) bond motifs is 7. The smallest absolute Gasteiger partial charge is 0.137 e. The van der Waals surface area contributed by atoms with Crippen molar-refractivity contribution in [1.29, 1.82) is 0 Å². The number of anilines is 1. The van der Waals surface area contributed by atoms with E-state index >= 15 is 0 Å². The maximum atomic E-state index is 4.95. The number of allylic oxidation sites excluding steroid dienone is 6. The van der Waals surface area contributed by atoms with Gasteiger partial charge in [0.05, 0.1) is 22.1 Å². The molecule has 3 aromatic heterocycles. The van der Waals surface area contributed by atoms with Crippen LogP contribution < -0.4 is 5.32 Å². The highest BCUT2D eigenvalue weighted by molar-refractivity contribution is 6.18. The molecule has 0 unspecified atom stereocenters. The van der Waals surface area contributed by atoms with Gasteiger partial charge >= 0.3 is 0 Å². The van der Waals surface area contributed by atoms with Crippen LogP contribution in [-0.2, 0) is 0 Å². The molecule has 0 fully saturated rings. The Kier molecular flexibility index (Phi) is 9.20. The minimum Gasteiger partial charge on any atom is -0.382 e. The summed E-state index contributed by atoms with van der Waals surface area (Å²) in [6, 6.07) is 42.7. The van der Waals surface area contributed by atoms with Gasteiger partial charge in [-0.2, -0.15) is 0 Å². The Morgan fingerprint density at radius 3 is 2.35 bits per heavy atom. The van der Waals surface area contributed by atoms with E-state index in [2.05, 4.69) is 143 Å². The number of hydrogen-bond donors (Lipinski definition) is 1. The Bertz CT molecular complexity index is 2510. The van der Waals surface area contributed by atoms with Crippen molar-refractivity contribution >= 4 is 65.8 Å². The van der Waals surface area contributed by atoms with Crippen LogP contribution in [0.1, 0.15) is 20.3 Å². The topological polar surface area (TPSA) is 34.8 Å². The van der Waals surface area contributed by atoms with E-state index in [1.807, 2.05) is 56.3 Å². The van der Waals surface area contributed by atoms with Crippen molar-refractivity contribution in [3.8, 4) is 5.82 Å². The number of hydrogen-bond acceptors (Lipinski definition) is 2. The van der Waals surface area contributed by atoms with E-state index in [1.54, 1.807) is 0 Å². The standard InChI is InChI=1S/C34H23N3.C9H11N.C2H6/c1-2-4-11-25(10-3-1)37-32-14-8-6-12-26(32)29-21-24-15-17-31-27(28(24)22-33(29)37)19-20-36(31)34-18-16-23-9-5-7-13-30(23)35-34;1-2-8-10-9-6-4-3-5-7-9;1-2/h1,3-22H,2H2;2-7,10H,1,8H2;1-2H3. The normalized spacial score (nSPS) is 12.3. The second-order valence-electron chi connectivity index (χ2n) is 11.7. The highest BCUT2D eigenvalue weighted by Crippen LogP contribution is 2.38. The van der Waals surface area contributed by atoms with Gasteiger partial charge in [-0.05, 0) is 90.0 Å². The van der Waals surface area contributed by atoms with E-state index in [9.17, 15) is 0 Å². The number of rotatable bonds is 5. The Hall–Kier alpha value is -6.13. The first kappa shape index (κ1) is 31.5. The predicted octanol–water partition coefficient (Wildman–Crippen LogP) is 12.1. The molecular formula is C45H40N4. The zero-order chi connectivity index (χ0) is 33.6. The predicted molar refractivity (Wildman–Crippen MR) is 213 cm³/mol. The molecule has 4 heteroatoms. The number of benzene rings is 5.